The van der Waals surface area contributed by atoms with Gasteiger partial charge in [0.05, 0.1) is 91.9 Å². The van der Waals surface area contributed by atoms with Crippen LogP contribution in [-0.4, -0.2) is 9.13 Å². The predicted molar refractivity (Wildman–Crippen MR) is 240 cm³/mol. The van der Waals surface area contributed by atoms with E-state index in [9.17, 15) is 31.6 Å². The van der Waals surface area contributed by atoms with Gasteiger partial charge in [0.2, 0.25) is 0 Å². The lowest BCUT2D eigenvalue weighted by Crippen LogP contribution is -2.01. The van der Waals surface area contributed by atoms with Crippen LogP contribution in [0.4, 0.5) is 0 Å². The summed E-state index contributed by atoms with van der Waals surface area (Å²) in [6.07, 6.45) is 0. The summed E-state index contributed by atoms with van der Waals surface area (Å²) >= 11 is 0. The largest absolute Gasteiger partial charge is 0.309 e. The summed E-state index contributed by atoms with van der Waals surface area (Å²) in [5.41, 5.74) is 9.57. The molecule has 0 aliphatic rings. The van der Waals surface area contributed by atoms with Gasteiger partial charge in [0.1, 0.15) is 0 Å². The molecule has 0 aliphatic heterocycles. The third-order valence-corrected chi connectivity index (χ3v) is 11.4. The van der Waals surface area contributed by atoms with Crippen LogP contribution in [0, 0.1) is 68.0 Å². The molecule has 0 spiro atoms. The summed E-state index contributed by atoms with van der Waals surface area (Å²) in [7, 11) is 0. The second kappa shape index (κ2) is 14.6. The lowest BCUT2D eigenvalue weighted by molar-refractivity contribution is 1.13. The number of aromatic nitrogens is 2. The third-order valence-electron chi connectivity index (χ3n) is 11.4. The average molecular weight is 787 g/mol. The molecule has 0 saturated carbocycles. The molecular weight excluding hydrogens is 761 g/mol. The number of para-hydroxylation sites is 4. The Morgan fingerprint density at radius 2 is 0.581 bits per heavy atom. The molecule has 2 aromatic heterocycles. The first-order valence-corrected chi connectivity index (χ1v) is 19.5. The summed E-state index contributed by atoms with van der Waals surface area (Å²) in [4.78, 5) is 0. The van der Waals surface area contributed by atoms with E-state index in [0.717, 1.165) is 60.5 Å². The quantitative estimate of drug-likeness (QED) is 0.169. The second-order valence-corrected chi connectivity index (χ2v) is 14.8. The summed E-state index contributed by atoms with van der Waals surface area (Å²) in [6.45, 7) is 0. The van der Waals surface area contributed by atoms with Crippen molar-refractivity contribution >= 4 is 43.6 Å². The van der Waals surface area contributed by atoms with E-state index in [-0.39, 0.29) is 33.4 Å². The maximum Gasteiger partial charge on any atom is 0.0999 e. The Kier molecular flexibility index (Phi) is 8.62. The molecule has 0 N–H and O–H groups in total. The van der Waals surface area contributed by atoms with Crippen molar-refractivity contribution in [2.45, 2.75) is 0 Å². The highest BCUT2D eigenvalue weighted by atomic mass is 15.0. The zero-order chi connectivity index (χ0) is 42.5. The monoisotopic (exact) mass is 786 g/mol. The normalized spacial score (nSPS) is 10.8. The fourth-order valence-electron chi connectivity index (χ4n) is 8.89. The molecule has 10 aromatic rings. The van der Waals surface area contributed by atoms with Gasteiger partial charge in [-0.15, -0.1) is 0 Å². The minimum atomic E-state index is 0.120. The van der Waals surface area contributed by atoms with Crippen LogP contribution >= 0.6 is 0 Å². The Morgan fingerprint density at radius 3 is 0.887 bits per heavy atom. The molecule has 8 aromatic carbocycles. The van der Waals surface area contributed by atoms with Gasteiger partial charge in [-0.3, -0.25) is 0 Å². The molecule has 2 heterocycles. The average Bonchev–Trinajstić information content (AvgIpc) is 3.86. The zero-order valence-corrected chi connectivity index (χ0v) is 32.6. The van der Waals surface area contributed by atoms with Crippen molar-refractivity contribution in [3.63, 3.8) is 0 Å². The molecule has 8 nitrogen and oxygen atoms in total. The number of hydrogen-bond acceptors (Lipinski definition) is 6. The van der Waals surface area contributed by atoms with Gasteiger partial charge >= 0.3 is 0 Å². The van der Waals surface area contributed by atoms with Crippen LogP contribution in [0.25, 0.3) is 88.4 Å². The predicted octanol–water partition coefficient (Wildman–Crippen LogP) is 12.1. The van der Waals surface area contributed by atoms with Crippen LogP contribution in [0.15, 0.2) is 158 Å². The first-order valence-electron chi connectivity index (χ1n) is 19.5. The van der Waals surface area contributed by atoms with Gasteiger partial charge in [-0.1, -0.05) is 72.8 Å². The Balaban J connectivity index is 1.36. The van der Waals surface area contributed by atoms with Gasteiger partial charge in [-0.05, 0) is 107 Å². The minimum Gasteiger partial charge on any atom is -0.309 e. The van der Waals surface area contributed by atoms with Crippen molar-refractivity contribution < 1.29 is 0 Å². The van der Waals surface area contributed by atoms with E-state index in [4.69, 9.17) is 0 Å². The molecule has 0 radical (unpaired) electrons. The number of benzene rings is 8. The van der Waals surface area contributed by atoms with Crippen molar-refractivity contribution in [1.82, 2.24) is 9.13 Å². The van der Waals surface area contributed by atoms with Crippen LogP contribution in [0.1, 0.15) is 33.4 Å². The fraction of sp³-hybridized carbons (Fsp3) is 0. The third kappa shape index (κ3) is 5.71. The van der Waals surface area contributed by atoms with Gasteiger partial charge in [-0.25, -0.2) is 0 Å². The van der Waals surface area contributed by atoms with Crippen molar-refractivity contribution in [2.75, 3.05) is 0 Å². The highest BCUT2D eigenvalue weighted by molar-refractivity contribution is 6.11. The van der Waals surface area contributed by atoms with Gasteiger partial charge < -0.3 is 9.13 Å². The van der Waals surface area contributed by atoms with E-state index in [1.165, 1.54) is 24.3 Å². The SMILES string of the molecule is N#Cc1cc(C#N)c(-c2cc(-c3cc(-n4c5ccccc5c5ccccc54)cc(-n4c5ccccc5c5ccccc54)c3)cc(-c3c(C#N)cc(C#N)cc3C#N)c2)c(C#N)c1. The number of hydrogen-bond donors (Lipinski definition) is 0. The molecule has 282 valence electrons. The number of rotatable bonds is 5. The summed E-state index contributed by atoms with van der Waals surface area (Å²) in [6, 6.07) is 63.8. The molecular formula is C54H26N8. The molecule has 62 heavy (non-hydrogen) atoms. The number of nitriles is 6. The van der Waals surface area contributed by atoms with Gasteiger partial charge in [0.25, 0.3) is 0 Å². The van der Waals surface area contributed by atoms with Gasteiger partial charge in [0, 0.05) is 44.0 Å². The van der Waals surface area contributed by atoms with E-state index in [2.05, 4.69) is 112 Å². The highest BCUT2D eigenvalue weighted by Crippen LogP contribution is 2.42. The fourth-order valence-corrected chi connectivity index (χ4v) is 8.89. The number of nitrogens with zero attached hydrogens (tertiary/aromatic N) is 8. The molecule has 0 atom stereocenters. The smallest absolute Gasteiger partial charge is 0.0999 e. The molecule has 0 amide bonds. The van der Waals surface area contributed by atoms with E-state index in [1.54, 1.807) is 6.07 Å². The summed E-state index contributed by atoms with van der Waals surface area (Å²) in [5, 5.41) is 65.8. The van der Waals surface area contributed by atoms with Crippen LogP contribution in [-0.2, 0) is 0 Å². The lowest BCUT2D eigenvalue weighted by Gasteiger charge is -2.18. The Hall–Kier alpha value is -9.70. The van der Waals surface area contributed by atoms with E-state index >= 15 is 0 Å². The molecule has 8 heteroatoms. The maximum atomic E-state index is 10.5. The standard InChI is InChI=1S/C54H26N8/c55-27-33-17-39(29-57)53(40(18-33)30-58)37-21-35(22-38(23-37)54-41(31-59)19-34(28-56)20-42(54)32-60)36-24-43(61-49-13-5-1-9-45(49)46-10-2-6-14-50(46)61)26-44(25-36)62-51-15-7-3-11-47(51)48-12-4-8-16-52(48)62/h1-26H. The molecule has 0 fully saturated rings. The van der Waals surface area contributed by atoms with E-state index < -0.39 is 0 Å². The Labute approximate surface area is 355 Å². The summed E-state index contributed by atoms with van der Waals surface area (Å²) in [5.74, 6) is 0. The second-order valence-electron chi connectivity index (χ2n) is 14.8. The lowest BCUT2D eigenvalue weighted by atomic mass is 9.86. The molecule has 0 bridgehead atoms. The van der Waals surface area contributed by atoms with Crippen molar-refractivity contribution in [3.05, 3.63) is 191 Å². The van der Waals surface area contributed by atoms with Crippen molar-refractivity contribution in [3.8, 4) is 81.2 Å². The van der Waals surface area contributed by atoms with Gasteiger partial charge in [0.15, 0.2) is 0 Å². The summed E-state index contributed by atoms with van der Waals surface area (Å²) < 4.78 is 4.50. The molecule has 0 unspecified atom stereocenters. The first-order chi connectivity index (χ1) is 30.5. The molecule has 0 saturated heterocycles. The maximum absolute atomic E-state index is 10.5. The highest BCUT2D eigenvalue weighted by Gasteiger charge is 2.22. The topological polar surface area (TPSA) is 153 Å². The van der Waals surface area contributed by atoms with Crippen molar-refractivity contribution in [2.24, 2.45) is 0 Å². The van der Waals surface area contributed by atoms with Crippen LogP contribution in [0.5, 0.6) is 0 Å². The van der Waals surface area contributed by atoms with Crippen LogP contribution < -0.4 is 0 Å². The minimum absolute atomic E-state index is 0.120. The number of fused-ring (bicyclic) bond motifs is 6. The Morgan fingerprint density at radius 1 is 0.290 bits per heavy atom. The van der Waals surface area contributed by atoms with Crippen LogP contribution in [0.3, 0.4) is 0 Å². The molecule has 0 aliphatic carbocycles. The van der Waals surface area contributed by atoms with E-state index in [0.29, 0.717) is 27.8 Å². The van der Waals surface area contributed by atoms with E-state index in [1.807, 2.05) is 60.7 Å². The molecule has 10 rings (SSSR count). The zero-order valence-electron chi connectivity index (χ0n) is 32.6. The van der Waals surface area contributed by atoms with Gasteiger partial charge in [-0.2, -0.15) is 31.6 Å². The Bertz CT molecular complexity index is 3420. The first kappa shape index (κ1) is 36.6. The van der Waals surface area contributed by atoms with Crippen molar-refractivity contribution in [1.29, 1.82) is 31.6 Å². The van der Waals surface area contributed by atoms with Crippen LogP contribution in [0.2, 0.25) is 0 Å².